The summed E-state index contributed by atoms with van der Waals surface area (Å²) in [4.78, 5) is 9.48. The van der Waals surface area contributed by atoms with E-state index in [1.807, 2.05) is 16.9 Å². The maximum atomic E-state index is 4.74. The SMILES string of the molecule is CCNC(=NCc1nc(C(C)(C)C)cs1)NC(C)c1cccc(-n2cccn2)c1. The van der Waals surface area contributed by atoms with Gasteiger partial charge >= 0.3 is 0 Å². The van der Waals surface area contributed by atoms with Crippen LogP contribution in [0.4, 0.5) is 0 Å². The van der Waals surface area contributed by atoms with Crippen molar-refractivity contribution in [3.05, 3.63) is 64.4 Å². The Morgan fingerprint density at radius 2 is 2.10 bits per heavy atom. The molecule has 0 saturated carbocycles. The molecule has 0 aliphatic carbocycles. The fourth-order valence-corrected chi connectivity index (χ4v) is 3.79. The fourth-order valence-electron chi connectivity index (χ4n) is 2.84. The van der Waals surface area contributed by atoms with E-state index < -0.39 is 0 Å². The van der Waals surface area contributed by atoms with Gasteiger partial charge in [-0.25, -0.2) is 14.7 Å². The van der Waals surface area contributed by atoms with E-state index in [0.29, 0.717) is 6.54 Å². The number of hydrogen-bond acceptors (Lipinski definition) is 4. The summed E-state index contributed by atoms with van der Waals surface area (Å²) in [6.45, 7) is 12.1. The van der Waals surface area contributed by atoms with Gasteiger partial charge in [0.05, 0.1) is 24.0 Å². The van der Waals surface area contributed by atoms with Crippen LogP contribution in [0.15, 0.2) is 53.1 Å². The third-order valence-corrected chi connectivity index (χ3v) is 5.36. The molecule has 2 N–H and O–H groups in total. The fraction of sp³-hybridized carbons (Fsp3) is 0.409. The van der Waals surface area contributed by atoms with Crippen molar-refractivity contribution in [1.82, 2.24) is 25.4 Å². The zero-order chi connectivity index (χ0) is 20.9. The number of aromatic nitrogens is 3. The molecule has 0 spiro atoms. The van der Waals surface area contributed by atoms with Crippen LogP contribution in [-0.4, -0.2) is 27.3 Å². The molecule has 0 aliphatic heterocycles. The Morgan fingerprint density at radius 1 is 1.28 bits per heavy atom. The summed E-state index contributed by atoms with van der Waals surface area (Å²) in [5.41, 5.74) is 3.40. The van der Waals surface area contributed by atoms with Crippen molar-refractivity contribution in [1.29, 1.82) is 0 Å². The van der Waals surface area contributed by atoms with E-state index in [9.17, 15) is 0 Å². The first-order chi connectivity index (χ1) is 13.9. The number of guanidine groups is 1. The van der Waals surface area contributed by atoms with Gasteiger partial charge in [-0.3, -0.25) is 0 Å². The molecule has 154 valence electrons. The summed E-state index contributed by atoms with van der Waals surface area (Å²) in [5.74, 6) is 0.789. The molecule has 0 amide bonds. The Labute approximate surface area is 177 Å². The molecule has 29 heavy (non-hydrogen) atoms. The van der Waals surface area contributed by atoms with Crippen LogP contribution in [0.2, 0.25) is 0 Å². The van der Waals surface area contributed by atoms with Gasteiger partial charge in [-0.15, -0.1) is 11.3 Å². The molecule has 1 atom stereocenters. The Hall–Kier alpha value is -2.67. The molecule has 7 heteroatoms. The van der Waals surface area contributed by atoms with E-state index >= 15 is 0 Å². The summed E-state index contributed by atoms with van der Waals surface area (Å²) < 4.78 is 1.87. The van der Waals surface area contributed by atoms with Gasteiger partial charge in [0.1, 0.15) is 5.01 Å². The van der Waals surface area contributed by atoms with Crippen molar-refractivity contribution < 1.29 is 0 Å². The number of hydrogen-bond donors (Lipinski definition) is 2. The second kappa shape index (κ2) is 9.22. The Bertz CT molecular complexity index is 936. The molecule has 3 rings (SSSR count). The van der Waals surface area contributed by atoms with E-state index in [-0.39, 0.29) is 11.5 Å². The van der Waals surface area contributed by atoms with Crippen molar-refractivity contribution in [2.24, 2.45) is 4.99 Å². The quantitative estimate of drug-likeness (QED) is 0.466. The highest BCUT2D eigenvalue weighted by atomic mass is 32.1. The number of thiazole rings is 1. The molecule has 6 nitrogen and oxygen atoms in total. The van der Waals surface area contributed by atoms with Gasteiger partial charge in [-0.1, -0.05) is 32.9 Å². The molecule has 2 heterocycles. The zero-order valence-electron chi connectivity index (χ0n) is 17.8. The van der Waals surface area contributed by atoms with E-state index in [1.54, 1.807) is 17.5 Å². The van der Waals surface area contributed by atoms with Crippen LogP contribution in [0.1, 0.15) is 56.9 Å². The molecular weight excluding hydrogens is 380 g/mol. The van der Waals surface area contributed by atoms with Crippen LogP contribution < -0.4 is 10.6 Å². The maximum absolute atomic E-state index is 4.74. The van der Waals surface area contributed by atoms with Gasteiger partial charge in [0.2, 0.25) is 0 Å². The van der Waals surface area contributed by atoms with Crippen LogP contribution in [-0.2, 0) is 12.0 Å². The molecule has 0 saturated heterocycles. The molecule has 0 bridgehead atoms. The average Bonchev–Trinajstić information content (AvgIpc) is 3.38. The average molecular weight is 411 g/mol. The molecule has 0 radical (unpaired) electrons. The van der Waals surface area contributed by atoms with Crippen molar-refractivity contribution >= 4 is 17.3 Å². The lowest BCUT2D eigenvalue weighted by molar-refractivity contribution is 0.571. The first kappa shape index (κ1) is 21.0. The van der Waals surface area contributed by atoms with Crippen LogP contribution in [0, 0.1) is 0 Å². The van der Waals surface area contributed by atoms with Crippen molar-refractivity contribution in [3.8, 4) is 5.69 Å². The zero-order valence-corrected chi connectivity index (χ0v) is 18.6. The van der Waals surface area contributed by atoms with E-state index in [4.69, 9.17) is 9.98 Å². The minimum absolute atomic E-state index is 0.0648. The standard InChI is InChI=1S/C22H30N6S/c1-6-23-21(24-14-20-27-19(15-29-20)22(3,4)5)26-16(2)17-9-7-10-18(13-17)28-12-8-11-25-28/h7-13,15-16H,6,14H2,1-5H3,(H2,23,24,26). The lowest BCUT2D eigenvalue weighted by Crippen LogP contribution is -2.38. The summed E-state index contributed by atoms with van der Waals surface area (Å²) in [6, 6.07) is 10.4. The van der Waals surface area contributed by atoms with Crippen molar-refractivity contribution in [2.75, 3.05) is 6.54 Å². The summed E-state index contributed by atoms with van der Waals surface area (Å²) in [5, 5.41) is 14.3. The lowest BCUT2D eigenvalue weighted by Gasteiger charge is -2.19. The predicted molar refractivity (Wildman–Crippen MR) is 121 cm³/mol. The predicted octanol–water partition coefficient (Wildman–Crippen LogP) is 4.44. The van der Waals surface area contributed by atoms with Crippen LogP contribution >= 0.6 is 11.3 Å². The van der Waals surface area contributed by atoms with Crippen LogP contribution in [0.25, 0.3) is 5.69 Å². The highest BCUT2D eigenvalue weighted by Gasteiger charge is 2.17. The second-order valence-corrected chi connectivity index (χ2v) is 8.93. The molecule has 1 aromatic carbocycles. The maximum Gasteiger partial charge on any atom is 0.192 e. The van der Waals surface area contributed by atoms with E-state index in [1.165, 1.54) is 5.56 Å². The van der Waals surface area contributed by atoms with Gasteiger partial charge in [0, 0.05) is 29.7 Å². The largest absolute Gasteiger partial charge is 0.357 e. The highest BCUT2D eigenvalue weighted by Crippen LogP contribution is 2.24. The highest BCUT2D eigenvalue weighted by molar-refractivity contribution is 7.09. The first-order valence-corrected chi connectivity index (χ1v) is 10.8. The van der Waals surface area contributed by atoms with Gasteiger partial charge in [0.25, 0.3) is 0 Å². The molecule has 0 aliphatic rings. The van der Waals surface area contributed by atoms with E-state index in [2.05, 4.69) is 80.0 Å². The normalized spacial score (nSPS) is 13.3. The van der Waals surface area contributed by atoms with Crippen molar-refractivity contribution in [2.45, 2.75) is 52.6 Å². The van der Waals surface area contributed by atoms with Gasteiger partial charge in [-0.2, -0.15) is 5.10 Å². The molecule has 3 aromatic rings. The second-order valence-electron chi connectivity index (χ2n) is 7.98. The number of nitrogens with zero attached hydrogens (tertiary/aromatic N) is 4. The van der Waals surface area contributed by atoms with Crippen LogP contribution in [0.3, 0.4) is 0 Å². The molecule has 2 aromatic heterocycles. The minimum atomic E-state index is 0.0648. The summed E-state index contributed by atoms with van der Waals surface area (Å²) in [7, 11) is 0. The van der Waals surface area contributed by atoms with Crippen molar-refractivity contribution in [3.63, 3.8) is 0 Å². The Kier molecular flexibility index (Phi) is 6.69. The Morgan fingerprint density at radius 3 is 2.76 bits per heavy atom. The third-order valence-electron chi connectivity index (χ3n) is 4.53. The minimum Gasteiger partial charge on any atom is -0.357 e. The van der Waals surface area contributed by atoms with Crippen LogP contribution in [0.5, 0.6) is 0 Å². The topological polar surface area (TPSA) is 67.1 Å². The number of aliphatic imine (C=N–C) groups is 1. The summed E-state index contributed by atoms with van der Waals surface area (Å²) in [6.07, 6.45) is 3.73. The Balaban J connectivity index is 1.70. The number of rotatable bonds is 6. The van der Waals surface area contributed by atoms with Gasteiger partial charge < -0.3 is 10.6 Å². The third kappa shape index (κ3) is 5.67. The first-order valence-electron chi connectivity index (χ1n) is 9.96. The molecule has 0 fully saturated rings. The van der Waals surface area contributed by atoms with Gasteiger partial charge in [0.15, 0.2) is 5.96 Å². The molecular formula is C22H30N6S. The smallest absolute Gasteiger partial charge is 0.192 e. The lowest BCUT2D eigenvalue weighted by atomic mass is 9.93. The van der Waals surface area contributed by atoms with E-state index in [0.717, 1.165) is 28.9 Å². The number of benzene rings is 1. The monoisotopic (exact) mass is 410 g/mol. The number of nitrogens with one attached hydrogen (secondary N) is 2. The molecule has 1 unspecified atom stereocenters. The summed E-state index contributed by atoms with van der Waals surface area (Å²) >= 11 is 1.67. The van der Waals surface area contributed by atoms with Gasteiger partial charge in [-0.05, 0) is 37.6 Å².